The number of nitrogen functional groups attached to an aromatic ring is 1. The number of aliphatic hydroxyl groups is 1. The quantitative estimate of drug-likeness (QED) is 0.643. The smallest absolute Gasteiger partial charge is 0.244 e. The van der Waals surface area contributed by atoms with Gasteiger partial charge in [-0.2, -0.15) is 11.8 Å². The largest absolute Gasteiger partial charge is 0.495 e. The Morgan fingerprint density at radius 2 is 2.10 bits per heavy atom. The number of hydrogen-bond acceptors (Lipinski definition) is 6. The normalized spacial score (nSPS) is 14.7. The van der Waals surface area contributed by atoms with Gasteiger partial charge in [0.05, 0.1) is 12.7 Å². The molecule has 120 valence electrons. The Morgan fingerprint density at radius 3 is 2.62 bits per heavy atom. The van der Waals surface area contributed by atoms with Gasteiger partial charge < -0.3 is 15.6 Å². The van der Waals surface area contributed by atoms with Crippen LogP contribution in [0.15, 0.2) is 17.0 Å². The van der Waals surface area contributed by atoms with Crippen LogP contribution in [0.1, 0.15) is 12.5 Å². The summed E-state index contributed by atoms with van der Waals surface area (Å²) in [6, 6.07) is 2.93. The van der Waals surface area contributed by atoms with Crippen LogP contribution in [0.2, 0.25) is 0 Å². The van der Waals surface area contributed by atoms with Crippen LogP contribution < -0.4 is 15.2 Å². The predicted octanol–water partition coefficient (Wildman–Crippen LogP) is 0.978. The molecule has 0 aromatic heterocycles. The lowest BCUT2D eigenvalue weighted by Gasteiger charge is -2.23. The average molecular weight is 334 g/mol. The van der Waals surface area contributed by atoms with Gasteiger partial charge in [-0.15, -0.1) is 0 Å². The second kappa shape index (κ2) is 6.87. The van der Waals surface area contributed by atoms with E-state index < -0.39 is 15.6 Å². The van der Waals surface area contributed by atoms with Gasteiger partial charge in [-0.05, 0) is 37.8 Å². The lowest BCUT2D eigenvalue weighted by molar-refractivity contribution is 0.0908. The van der Waals surface area contributed by atoms with Crippen LogP contribution in [0.3, 0.4) is 0 Å². The first kappa shape index (κ1) is 18.1. The van der Waals surface area contributed by atoms with Gasteiger partial charge in [0.2, 0.25) is 10.0 Å². The van der Waals surface area contributed by atoms with Crippen molar-refractivity contribution in [2.75, 3.05) is 31.4 Å². The highest BCUT2D eigenvalue weighted by Crippen LogP contribution is 2.28. The van der Waals surface area contributed by atoms with E-state index in [4.69, 9.17) is 10.5 Å². The maximum atomic E-state index is 12.4. The summed E-state index contributed by atoms with van der Waals surface area (Å²) in [7, 11) is -2.42. The Hall–Kier alpha value is -0.960. The molecule has 0 aliphatic heterocycles. The summed E-state index contributed by atoms with van der Waals surface area (Å²) in [5.74, 6) is 0.640. The molecule has 0 bridgehead atoms. The summed E-state index contributed by atoms with van der Waals surface area (Å²) in [4.78, 5) is -0.0342. The number of aryl methyl sites for hydroxylation is 1. The summed E-state index contributed by atoms with van der Waals surface area (Å²) < 4.78 is 32.2. The zero-order valence-corrected chi connectivity index (χ0v) is 14.3. The molecule has 0 saturated heterocycles. The molecule has 4 N–H and O–H groups in total. The lowest BCUT2D eigenvalue weighted by Crippen LogP contribution is -2.42. The highest BCUT2D eigenvalue weighted by atomic mass is 32.2. The third-order valence-corrected chi connectivity index (χ3v) is 5.27. The minimum atomic E-state index is -3.82. The summed E-state index contributed by atoms with van der Waals surface area (Å²) in [6.07, 6.45) is 1.84. The fourth-order valence-electron chi connectivity index (χ4n) is 1.74. The molecule has 0 radical (unpaired) electrons. The van der Waals surface area contributed by atoms with E-state index in [-0.39, 0.29) is 17.2 Å². The van der Waals surface area contributed by atoms with Gasteiger partial charge >= 0.3 is 0 Å². The molecule has 1 rings (SSSR count). The molecule has 8 heteroatoms. The van der Waals surface area contributed by atoms with E-state index >= 15 is 0 Å². The second-order valence-electron chi connectivity index (χ2n) is 5.11. The number of anilines is 1. The van der Waals surface area contributed by atoms with Crippen LogP contribution in [0.25, 0.3) is 0 Å². The number of benzene rings is 1. The first-order chi connectivity index (χ1) is 9.63. The van der Waals surface area contributed by atoms with E-state index in [1.165, 1.54) is 24.9 Å². The Morgan fingerprint density at radius 1 is 1.48 bits per heavy atom. The molecule has 1 atom stereocenters. The molecule has 6 nitrogen and oxygen atoms in total. The minimum Gasteiger partial charge on any atom is -0.495 e. The van der Waals surface area contributed by atoms with Gasteiger partial charge in [-0.1, -0.05) is 0 Å². The van der Waals surface area contributed by atoms with E-state index in [2.05, 4.69) is 4.72 Å². The topological polar surface area (TPSA) is 102 Å². The molecule has 1 unspecified atom stereocenters. The van der Waals surface area contributed by atoms with Crippen LogP contribution in [-0.2, 0) is 10.0 Å². The predicted molar refractivity (Wildman–Crippen MR) is 86.3 cm³/mol. The Kier molecular flexibility index (Phi) is 5.92. The maximum Gasteiger partial charge on any atom is 0.244 e. The number of thioether (sulfide) groups is 1. The van der Waals surface area contributed by atoms with Crippen molar-refractivity contribution in [1.29, 1.82) is 0 Å². The fraction of sp³-hybridized carbons (Fsp3) is 0.538. The van der Waals surface area contributed by atoms with Crippen molar-refractivity contribution in [1.82, 2.24) is 4.72 Å². The number of methoxy groups -OCH3 is 1. The summed E-state index contributed by atoms with van der Waals surface area (Å²) in [6.45, 7) is 3.25. The molecule has 0 saturated carbocycles. The first-order valence-electron chi connectivity index (χ1n) is 6.28. The standard InChI is InChI=1S/C13H22N2O4S2/c1-9-5-11(19-3)12(6-10(9)14)21(17,18)15-7-13(2,16)8-20-4/h5-6,15-16H,7-8,14H2,1-4H3. The monoisotopic (exact) mass is 334 g/mol. The molecule has 0 aliphatic rings. The van der Waals surface area contributed by atoms with Gasteiger partial charge in [0.25, 0.3) is 0 Å². The van der Waals surface area contributed by atoms with Crippen molar-refractivity contribution in [3.05, 3.63) is 17.7 Å². The highest BCUT2D eigenvalue weighted by Gasteiger charge is 2.26. The molecule has 0 amide bonds. The second-order valence-corrected chi connectivity index (χ2v) is 7.72. The van der Waals surface area contributed by atoms with Crippen LogP contribution in [0.4, 0.5) is 5.69 Å². The number of hydrogen-bond donors (Lipinski definition) is 3. The highest BCUT2D eigenvalue weighted by molar-refractivity contribution is 7.98. The van der Waals surface area contributed by atoms with Crippen molar-refractivity contribution in [3.63, 3.8) is 0 Å². The van der Waals surface area contributed by atoms with Crippen LogP contribution >= 0.6 is 11.8 Å². The molecule has 1 aromatic rings. The van der Waals surface area contributed by atoms with Crippen molar-refractivity contribution in [2.45, 2.75) is 24.3 Å². The summed E-state index contributed by atoms with van der Waals surface area (Å²) in [5, 5.41) is 10.0. The van der Waals surface area contributed by atoms with Crippen LogP contribution in [0, 0.1) is 6.92 Å². The molecule has 21 heavy (non-hydrogen) atoms. The lowest BCUT2D eigenvalue weighted by atomic mass is 10.1. The molecule has 0 aliphatic carbocycles. The minimum absolute atomic E-state index is 0.0342. The summed E-state index contributed by atoms with van der Waals surface area (Å²) >= 11 is 1.44. The Labute approximate surface area is 130 Å². The van der Waals surface area contributed by atoms with E-state index in [1.54, 1.807) is 19.9 Å². The van der Waals surface area contributed by atoms with Gasteiger partial charge in [-0.25, -0.2) is 13.1 Å². The van der Waals surface area contributed by atoms with Gasteiger partial charge in [-0.3, -0.25) is 0 Å². The Bertz CT molecular complexity index is 600. The van der Waals surface area contributed by atoms with Crippen LogP contribution in [-0.4, -0.2) is 44.8 Å². The number of rotatable bonds is 7. The third-order valence-electron chi connectivity index (χ3n) is 2.94. The van der Waals surface area contributed by atoms with E-state index in [0.29, 0.717) is 11.4 Å². The maximum absolute atomic E-state index is 12.4. The average Bonchev–Trinajstić information content (AvgIpc) is 2.39. The van der Waals surface area contributed by atoms with Crippen molar-refractivity contribution >= 4 is 27.5 Å². The van der Waals surface area contributed by atoms with E-state index in [1.807, 2.05) is 6.26 Å². The van der Waals surface area contributed by atoms with Gasteiger partial charge in [0, 0.05) is 18.0 Å². The first-order valence-corrected chi connectivity index (χ1v) is 9.16. The van der Waals surface area contributed by atoms with Crippen molar-refractivity contribution in [3.8, 4) is 5.75 Å². The SMILES string of the molecule is COc1cc(C)c(N)cc1S(=O)(=O)NCC(C)(O)CSC. The summed E-state index contributed by atoms with van der Waals surface area (Å²) in [5.41, 5.74) is 5.74. The number of nitrogens with one attached hydrogen (secondary N) is 1. The third kappa shape index (κ3) is 4.77. The van der Waals surface area contributed by atoms with Crippen molar-refractivity contribution < 1.29 is 18.3 Å². The number of nitrogens with two attached hydrogens (primary N) is 1. The zero-order chi connectivity index (χ0) is 16.3. The fourth-order valence-corrected chi connectivity index (χ4v) is 3.81. The molecule has 0 spiro atoms. The van der Waals surface area contributed by atoms with Crippen LogP contribution in [0.5, 0.6) is 5.75 Å². The molecular weight excluding hydrogens is 312 g/mol. The Balaban J connectivity index is 3.06. The van der Waals surface area contributed by atoms with Gasteiger partial charge in [0.15, 0.2) is 0 Å². The van der Waals surface area contributed by atoms with E-state index in [9.17, 15) is 13.5 Å². The molecule has 0 heterocycles. The molecular formula is C13H22N2O4S2. The van der Waals surface area contributed by atoms with Crippen molar-refractivity contribution in [2.24, 2.45) is 0 Å². The number of ether oxygens (including phenoxy) is 1. The van der Waals surface area contributed by atoms with Gasteiger partial charge in [0.1, 0.15) is 10.6 Å². The molecule has 1 aromatic carbocycles. The zero-order valence-electron chi connectivity index (χ0n) is 12.6. The van der Waals surface area contributed by atoms with E-state index in [0.717, 1.165) is 5.56 Å². The number of sulfonamides is 1. The molecule has 0 fully saturated rings.